The maximum Gasteiger partial charge on any atom is 0.407 e. The zero-order valence-corrected chi connectivity index (χ0v) is 29.1. The van der Waals surface area contributed by atoms with Gasteiger partial charge in [0.25, 0.3) is 0 Å². The largest absolute Gasteiger partial charge is 0.448 e. The summed E-state index contributed by atoms with van der Waals surface area (Å²) in [6.45, 7) is 1.55. The molecule has 6 rings (SSSR count). The fraction of sp³-hybridized carbons (Fsp3) is 0.459. The minimum atomic E-state index is -1.21. The Kier molecular flexibility index (Phi) is 12.6. The Morgan fingerprint density at radius 2 is 1.89 bits per heavy atom. The molecule has 3 aromatic rings. The van der Waals surface area contributed by atoms with Crippen LogP contribution in [0.15, 0.2) is 66.9 Å². The van der Waals surface area contributed by atoms with E-state index < -0.39 is 48.1 Å². The van der Waals surface area contributed by atoms with Gasteiger partial charge < -0.3 is 44.9 Å². The van der Waals surface area contributed by atoms with Gasteiger partial charge in [-0.05, 0) is 48.6 Å². The lowest BCUT2D eigenvalue weighted by atomic mass is 9.89. The Hall–Kier alpha value is -4.93. The minimum Gasteiger partial charge on any atom is -0.448 e. The average molecular weight is 740 g/mol. The van der Waals surface area contributed by atoms with Crippen molar-refractivity contribution in [3.63, 3.8) is 0 Å². The topological polar surface area (TPSA) is 150 Å². The highest BCUT2D eigenvalue weighted by Gasteiger charge is 2.40. The predicted octanol–water partition coefficient (Wildman–Crippen LogP) is 3.36. The molecule has 53 heavy (non-hydrogen) atoms. The van der Waals surface area contributed by atoms with E-state index in [9.17, 15) is 23.9 Å². The molecule has 0 bridgehead atoms. The molecular weight excluding hydrogens is 695 g/mol. The first kappa shape index (κ1) is 37.8. The molecule has 0 spiro atoms. The molecule has 3 aliphatic heterocycles. The van der Waals surface area contributed by atoms with Gasteiger partial charge in [-0.1, -0.05) is 30.3 Å². The number of hydrogen-bond donors (Lipinski definition) is 4. The highest BCUT2D eigenvalue weighted by molar-refractivity contribution is 5.90. The number of aliphatic hydroxyl groups is 1. The van der Waals surface area contributed by atoms with Crippen molar-refractivity contribution >= 4 is 18.0 Å². The van der Waals surface area contributed by atoms with Gasteiger partial charge in [0.15, 0.2) is 0 Å². The maximum atomic E-state index is 15.2. The number of benzene rings is 2. The fourth-order valence-electron chi connectivity index (χ4n) is 6.96. The van der Waals surface area contributed by atoms with Crippen molar-refractivity contribution in [2.24, 2.45) is 11.8 Å². The first-order valence-electron chi connectivity index (χ1n) is 17.8. The quantitative estimate of drug-likeness (QED) is 0.184. The molecule has 0 radical (unpaired) electrons. The summed E-state index contributed by atoms with van der Waals surface area (Å²) in [5, 5.41) is 18.2. The van der Waals surface area contributed by atoms with Crippen LogP contribution in [0.4, 0.5) is 22.8 Å². The molecule has 16 heteroatoms. The number of hydrogen-bond acceptors (Lipinski definition) is 8. The standard InChI is InChI=1S/C37H44F3N7O6/c38-27-6-7-29(39)28(18-27)31-23-45(21-24-4-2-1-3-5-24)35(44-31)34(25-10-15-52-16-11-25)47(22-26-19-41-20-30(26)40)36(50)42-13-17-53-37(51)43-12-14-46-32(48)8-9-33(46)49/h1-9,18,23,25-26,30,32,34,41,48H,10-17,19-22H2,(H,42,50)(H,43,51)/t26-,30-,32?,34+/m0/s1. The monoisotopic (exact) mass is 739 g/mol. The van der Waals surface area contributed by atoms with Crippen molar-refractivity contribution in [1.29, 1.82) is 0 Å². The molecule has 4 heterocycles. The number of rotatable bonds is 14. The third kappa shape index (κ3) is 9.55. The number of nitrogens with one attached hydrogen (secondary N) is 3. The van der Waals surface area contributed by atoms with E-state index in [-0.39, 0.29) is 62.4 Å². The van der Waals surface area contributed by atoms with Crippen molar-refractivity contribution in [3.8, 4) is 11.3 Å². The van der Waals surface area contributed by atoms with Gasteiger partial charge in [-0.2, -0.15) is 0 Å². The summed E-state index contributed by atoms with van der Waals surface area (Å²) in [4.78, 5) is 46.0. The summed E-state index contributed by atoms with van der Waals surface area (Å²) in [7, 11) is 0. The van der Waals surface area contributed by atoms with Crippen LogP contribution >= 0.6 is 0 Å². The fourth-order valence-corrected chi connectivity index (χ4v) is 6.96. The molecule has 4 N–H and O–H groups in total. The number of alkyl halides is 1. The highest BCUT2D eigenvalue weighted by atomic mass is 19.1. The molecule has 13 nitrogen and oxygen atoms in total. The number of carbonyl (C=O) groups is 3. The molecule has 284 valence electrons. The van der Waals surface area contributed by atoms with E-state index in [1.165, 1.54) is 17.1 Å². The van der Waals surface area contributed by atoms with Gasteiger partial charge in [-0.3, -0.25) is 4.79 Å². The third-order valence-corrected chi connectivity index (χ3v) is 9.72. The Bertz CT molecular complexity index is 1760. The Labute approximate surface area is 305 Å². The molecular formula is C37H44F3N7O6. The molecule has 2 fully saturated rings. The van der Waals surface area contributed by atoms with Crippen LogP contribution in [0.25, 0.3) is 11.3 Å². The van der Waals surface area contributed by atoms with Gasteiger partial charge >= 0.3 is 12.1 Å². The zero-order valence-electron chi connectivity index (χ0n) is 29.1. The van der Waals surface area contributed by atoms with Gasteiger partial charge in [-0.25, -0.2) is 27.7 Å². The van der Waals surface area contributed by atoms with Crippen molar-refractivity contribution in [1.82, 2.24) is 35.3 Å². The number of amides is 4. The van der Waals surface area contributed by atoms with E-state index in [4.69, 9.17) is 14.5 Å². The van der Waals surface area contributed by atoms with Crippen LogP contribution in [0.3, 0.4) is 0 Å². The summed E-state index contributed by atoms with van der Waals surface area (Å²) in [5.41, 5.74) is 1.08. The van der Waals surface area contributed by atoms with Gasteiger partial charge in [0.1, 0.15) is 36.5 Å². The normalized spacial score (nSPS) is 20.8. The van der Waals surface area contributed by atoms with Gasteiger partial charge in [-0.15, -0.1) is 0 Å². The molecule has 0 aliphatic carbocycles. The Balaban J connectivity index is 1.24. The SMILES string of the molecule is O=C(NCCN1C(=O)C=CC1O)OCCNC(=O)N(C[C@@H]1CNC[C@@H]1F)[C@@H](c1nc(-c2cc(F)ccc2F)cn1Cc1ccccc1)C1CCOCC1. The van der Waals surface area contributed by atoms with Crippen LogP contribution in [-0.2, 0) is 20.8 Å². The second-order valence-electron chi connectivity index (χ2n) is 13.3. The Morgan fingerprint density at radius 1 is 1.09 bits per heavy atom. The number of carbonyl (C=O) groups excluding carboxylic acids is 3. The lowest BCUT2D eigenvalue weighted by Crippen LogP contribution is -2.50. The molecule has 1 unspecified atom stereocenters. The molecule has 1 aromatic heterocycles. The van der Waals surface area contributed by atoms with Gasteiger partial charge in [0.05, 0.1) is 18.3 Å². The summed E-state index contributed by atoms with van der Waals surface area (Å²) >= 11 is 0. The van der Waals surface area contributed by atoms with Crippen LogP contribution in [-0.4, -0.2) is 114 Å². The molecule has 3 aliphatic rings. The second kappa shape index (κ2) is 17.7. The van der Waals surface area contributed by atoms with Crippen LogP contribution in [0.2, 0.25) is 0 Å². The number of aliphatic hydroxyl groups excluding tert-OH is 1. The predicted molar refractivity (Wildman–Crippen MR) is 187 cm³/mol. The first-order valence-corrected chi connectivity index (χ1v) is 17.8. The first-order chi connectivity index (χ1) is 25.7. The summed E-state index contributed by atoms with van der Waals surface area (Å²) in [6.07, 6.45) is 2.34. The van der Waals surface area contributed by atoms with Crippen LogP contribution < -0.4 is 16.0 Å². The maximum absolute atomic E-state index is 15.2. The average Bonchev–Trinajstić information content (AvgIpc) is 3.86. The summed E-state index contributed by atoms with van der Waals surface area (Å²) < 4.78 is 57.5. The number of aromatic nitrogens is 2. The van der Waals surface area contributed by atoms with E-state index in [0.29, 0.717) is 45.0 Å². The number of imidazole rings is 1. The van der Waals surface area contributed by atoms with Gasteiger partial charge in [0.2, 0.25) is 5.91 Å². The van der Waals surface area contributed by atoms with E-state index >= 15 is 8.78 Å². The molecule has 4 atom stereocenters. The second-order valence-corrected chi connectivity index (χ2v) is 13.3. The molecule has 2 aromatic carbocycles. The van der Waals surface area contributed by atoms with Crippen molar-refractivity contribution in [2.75, 3.05) is 59.1 Å². The van der Waals surface area contributed by atoms with Crippen molar-refractivity contribution in [2.45, 2.75) is 37.8 Å². The number of nitrogens with zero attached hydrogens (tertiary/aromatic N) is 4. The number of urea groups is 1. The lowest BCUT2D eigenvalue weighted by molar-refractivity contribution is -0.130. The third-order valence-electron chi connectivity index (χ3n) is 9.72. The minimum absolute atomic E-state index is 0.0288. The summed E-state index contributed by atoms with van der Waals surface area (Å²) in [6, 6.07) is 11.4. The van der Waals surface area contributed by atoms with Crippen LogP contribution in [0.1, 0.15) is 30.3 Å². The van der Waals surface area contributed by atoms with E-state index in [2.05, 4.69) is 16.0 Å². The molecule has 2 saturated heterocycles. The zero-order chi connectivity index (χ0) is 37.3. The van der Waals surface area contributed by atoms with E-state index in [0.717, 1.165) is 23.8 Å². The smallest absolute Gasteiger partial charge is 0.407 e. The summed E-state index contributed by atoms with van der Waals surface area (Å²) in [5.74, 6) is -1.92. The lowest BCUT2D eigenvalue weighted by Gasteiger charge is -2.39. The van der Waals surface area contributed by atoms with Crippen LogP contribution in [0, 0.1) is 23.5 Å². The van der Waals surface area contributed by atoms with E-state index in [1.54, 1.807) is 11.1 Å². The van der Waals surface area contributed by atoms with Crippen LogP contribution in [0.5, 0.6) is 0 Å². The number of ether oxygens (including phenoxy) is 2. The number of halogens is 3. The van der Waals surface area contributed by atoms with Crippen molar-refractivity contribution in [3.05, 3.63) is 89.9 Å². The Morgan fingerprint density at radius 3 is 2.60 bits per heavy atom. The van der Waals surface area contributed by atoms with E-state index in [1.807, 2.05) is 34.9 Å². The molecule has 0 saturated carbocycles. The van der Waals surface area contributed by atoms with Crippen molar-refractivity contribution < 1.29 is 42.1 Å². The number of alkyl carbamates (subject to hydrolysis) is 1. The molecule has 4 amide bonds. The highest BCUT2D eigenvalue weighted by Crippen LogP contribution is 2.38. The van der Waals surface area contributed by atoms with Gasteiger partial charge in [0, 0.05) is 76.2 Å².